The van der Waals surface area contributed by atoms with Gasteiger partial charge in [-0.05, 0) is 31.5 Å². The number of benzene rings is 1. The van der Waals surface area contributed by atoms with Gasteiger partial charge in [-0.15, -0.1) is 0 Å². The van der Waals surface area contributed by atoms with Crippen molar-refractivity contribution >= 4 is 10.9 Å². The van der Waals surface area contributed by atoms with Gasteiger partial charge in [0.15, 0.2) is 0 Å². The van der Waals surface area contributed by atoms with Crippen molar-refractivity contribution in [2.75, 3.05) is 0 Å². The number of phenolic OH excluding ortho intramolecular Hbond substituents is 1. The van der Waals surface area contributed by atoms with Crippen molar-refractivity contribution in [3.63, 3.8) is 0 Å². The predicted molar refractivity (Wildman–Crippen MR) is 57.5 cm³/mol. The van der Waals surface area contributed by atoms with E-state index in [2.05, 4.69) is 4.98 Å². The van der Waals surface area contributed by atoms with Gasteiger partial charge < -0.3 is 5.11 Å². The Labute approximate surface area is 83.2 Å². The molecule has 1 N–H and O–H groups in total. The van der Waals surface area contributed by atoms with Crippen LogP contribution in [0.2, 0.25) is 0 Å². The molecule has 0 atom stereocenters. The highest BCUT2D eigenvalue weighted by atomic mass is 16.3. The van der Waals surface area contributed by atoms with Crippen LogP contribution in [0.25, 0.3) is 10.9 Å². The molecule has 1 aromatic carbocycles. The molecule has 0 saturated heterocycles. The number of pyridine rings is 1. The van der Waals surface area contributed by atoms with Crippen molar-refractivity contribution in [3.05, 3.63) is 35.5 Å². The fourth-order valence-corrected chi connectivity index (χ4v) is 1.73. The lowest BCUT2D eigenvalue weighted by atomic mass is 10.0. The monoisotopic (exact) mass is 187 g/mol. The van der Waals surface area contributed by atoms with Crippen molar-refractivity contribution in [1.29, 1.82) is 0 Å². The lowest BCUT2D eigenvalue weighted by Gasteiger charge is -2.06. The molecule has 0 fully saturated rings. The van der Waals surface area contributed by atoms with Gasteiger partial charge in [-0.3, -0.25) is 4.98 Å². The zero-order valence-electron chi connectivity index (χ0n) is 8.41. The van der Waals surface area contributed by atoms with Crippen molar-refractivity contribution in [3.8, 4) is 5.75 Å². The molecular weight excluding hydrogens is 174 g/mol. The molecule has 0 aliphatic carbocycles. The lowest BCUT2D eigenvalue weighted by molar-refractivity contribution is 0.470. The van der Waals surface area contributed by atoms with Crippen LogP contribution >= 0.6 is 0 Å². The Bertz CT molecular complexity index is 477. The van der Waals surface area contributed by atoms with Gasteiger partial charge in [-0.1, -0.05) is 13.0 Å². The molecule has 0 radical (unpaired) electrons. The summed E-state index contributed by atoms with van der Waals surface area (Å²) < 4.78 is 0. The fraction of sp³-hybridized carbons (Fsp3) is 0.250. The van der Waals surface area contributed by atoms with Crippen molar-refractivity contribution < 1.29 is 5.11 Å². The van der Waals surface area contributed by atoms with E-state index in [0.29, 0.717) is 5.75 Å². The van der Waals surface area contributed by atoms with Gasteiger partial charge in [0, 0.05) is 16.6 Å². The van der Waals surface area contributed by atoms with Gasteiger partial charge >= 0.3 is 0 Å². The largest absolute Gasteiger partial charge is 0.508 e. The van der Waals surface area contributed by atoms with E-state index in [4.69, 9.17) is 0 Å². The highest BCUT2D eigenvalue weighted by Gasteiger charge is 2.05. The van der Waals surface area contributed by atoms with Gasteiger partial charge in [0.05, 0.1) is 5.52 Å². The molecule has 0 bridgehead atoms. The quantitative estimate of drug-likeness (QED) is 0.744. The molecule has 2 nitrogen and oxygen atoms in total. The predicted octanol–water partition coefficient (Wildman–Crippen LogP) is 2.81. The maximum atomic E-state index is 9.65. The number of aromatic nitrogens is 1. The summed E-state index contributed by atoms with van der Waals surface area (Å²) in [7, 11) is 0. The number of hydrogen-bond donors (Lipinski definition) is 1. The summed E-state index contributed by atoms with van der Waals surface area (Å²) in [4.78, 5) is 4.41. The molecule has 0 aliphatic rings. The minimum Gasteiger partial charge on any atom is -0.508 e. The fourth-order valence-electron chi connectivity index (χ4n) is 1.73. The van der Waals surface area contributed by atoms with Crippen molar-refractivity contribution in [1.82, 2.24) is 4.98 Å². The van der Waals surface area contributed by atoms with E-state index in [1.807, 2.05) is 32.0 Å². The van der Waals surface area contributed by atoms with Crippen LogP contribution in [0, 0.1) is 6.92 Å². The molecule has 0 aliphatic heterocycles. The molecule has 1 heterocycles. The zero-order chi connectivity index (χ0) is 10.1. The minimum absolute atomic E-state index is 0.366. The highest BCUT2D eigenvalue weighted by molar-refractivity contribution is 5.84. The first-order valence-electron chi connectivity index (χ1n) is 4.80. The first-order valence-corrected chi connectivity index (χ1v) is 4.80. The van der Waals surface area contributed by atoms with Gasteiger partial charge in [0.25, 0.3) is 0 Å². The van der Waals surface area contributed by atoms with Crippen molar-refractivity contribution in [2.24, 2.45) is 0 Å². The van der Waals surface area contributed by atoms with E-state index >= 15 is 0 Å². The average molecular weight is 187 g/mol. The SMILES string of the molecule is CCc1c(O)ccc2nc(C)ccc12. The second-order valence-corrected chi connectivity index (χ2v) is 3.44. The number of fused-ring (bicyclic) bond motifs is 1. The van der Waals surface area contributed by atoms with Crippen LogP contribution in [0.1, 0.15) is 18.2 Å². The zero-order valence-corrected chi connectivity index (χ0v) is 8.41. The van der Waals surface area contributed by atoms with E-state index < -0.39 is 0 Å². The molecule has 0 saturated carbocycles. The molecule has 2 heteroatoms. The topological polar surface area (TPSA) is 33.1 Å². The first-order chi connectivity index (χ1) is 6.72. The minimum atomic E-state index is 0.366. The number of aromatic hydroxyl groups is 1. The van der Waals surface area contributed by atoms with Crippen LogP contribution in [-0.4, -0.2) is 10.1 Å². The number of nitrogens with zero attached hydrogens (tertiary/aromatic N) is 1. The molecule has 0 amide bonds. The van der Waals surface area contributed by atoms with Crippen LogP contribution in [-0.2, 0) is 6.42 Å². The average Bonchev–Trinajstić information content (AvgIpc) is 2.18. The first kappa shape index (κ1) is 9.00. The van der Waals surface area contributed by atoms with Gasteiger partial charge in [-0.25, -0.2) is 0 Å². The number of phenols is 1. The molecule has 72 valence electrons. The van der Waals surface area contributed by atoms with Crippen LogP contribution in [0.4, 0.5) is 0 Å². The maximum absolute atomic E-state index is 9.65. The van der Waals surface area contributed by atoms with Gasteiger partial charge in [-0.2, -0.15) is 0 Å². The second-order valence-electron chi connectivity index (χ2n) is 3.44. The van der Waals surface area contributed by atoms with E-state index in [9.17, 15) is 5.11 Å². The van der Waals surface area contributed by atoms with E-state index in [1.165, 1.54) is 0 Å². The molecule has 14 heavy (non-hydrogen) atoms. The Hall–Kier alpha value is -1.57. The number of hydrogen-bond acceptors (Lipinski definition) is 2. The second kappa shape index (κ2) is 3.29. The van der Waals surface area contributed by atoms with E-state index in [1.54, 1.807) is 6.07 Å². The Morgan fingerprint density at radius 1 is 1.21 bits per heavy atom. The number of rotatable bonds is 1. The molecule has 0 unspecified atom stereocenters. The Morgan fingerprint density at radius 2 is 2.00 bits per heavy atom. The van der Waals surface area contributed by atoms with E-state index in [0.717, 1.165) is 28.6 Å². The Kier molecular flexibility index (Phi) is 2.12. The highest BCUT2D eigenvalue weighted by Crippen LogP contribution is 2.26. The summed E-state index contributed by atoms with van der Waals surface area (Å²) >= 11 is 0. The standard InChI is InChI=1S/C12H13NO/c1-3-9-10-5-4-8(2)13-11(10)6-7-12(9)14/h4-7,14H,3H2,1-2H3. The summed E-state index contributed by atoms with van der Waals surface area (Å²) in [5.41, 5.74) is 2.94. The summed E-state index contributed by atoms with van der Waals surface area (Å²) in [6, 6.07) is 7.57. The molecular formula is C12H13NO. The molecule has 2 aromatic rings. The third kappa shape index (κ3) is 1.33. The molecule has 1 aromatic heterocycles. The van der Waals surface area contributed by atoms with Gasteiger partial charge in [0.1, 0.15) is 5.75 Å². The Balaban J connectivity index is 2.82. The van der Waals surface area contributed by atoms with Crippen molar-refractivity contribution in [2.45, 2.75) is 20.3 Å². The van der Waals surface area contributed by atoms with Crippen LogP contribution in [0.15, 0.2) is 24.3 Å². The normalized spacial score (nSPS) is 10.7. The molecule has 2 rings (SSSR count). The summed E-state index contributed by atoms with van der Waals surface area (Å²) in [5, 5.41) is 10.7. The summed E-state index contributed by atoms with van der Waals surface area (Å²) in [6.45, 7) is 4.01. The van der Waals surface area contributed by atoms with Crippen LogP contribution in [0.5, 0.6) is 5.75 Å². The smallest absolute Gasteiger partial charge is 0.119 e. The summed E-state index contributed by atoms with van der Waals surface area (Å²) in [5.74, 6) is 0.366. The number of aryl methyl sites for hydroxylation is 2. The lowest BCUT2D eigenvalue weighted by Crippen LogP contribution is -1.88. The molecule has 0 spiro atoms. The van der Waals surface area contributed by atoms with E-state index in [-0.39, 0.29) is 0 Å². The third-order valence-corrected chi connectivity index (χ3v) is 2.45. The van der Waals surface area contributed by atoms with Gasteiger partial charge in [0.2, 0.25) is 0 Å². The summed E-state index contributed by atoms with van der Waals surface area (Å²) in [6.07, 6.45) is 0.827. The third-order valence-electron chi connectivity index (χ3n) is 2.45. The Morgan fingerprint density at radius 3 is 2.71 bits per heavy atom. The van der Waals surface area contributed by atoms with Crippen LogP contribution in [0.3, 0.4) is 0 Å². The van der Waals surface area contributed by atoms with Crippen LogP contribution < -0.4 is 0 Å². The maximum Gasteiger partial charge on any atom is 0.119 e.